The fourth-order valence-corrected chi connectivity index (χ4v) is 2.73. The van der Waals surface area contributed by atoms with Crippen LogP contribution in [0.5, 0.6) is 0 Å². The molecule has 0 unspecified atom stereocenters. The molecule has 4 heteroatoms. The van der Waals surface area contributed by atoms with Gasteiger partial charge in [-0.2, -0.15) is 0 Å². The molecule has 0 aliphatic carbocycles. The molecule has 18 heavy (non-hydrogen) atoms. The number of piperidine rings is 1. The van der Waals surface area contributed by atoms with Gasteiger partial charge in [-0.15, -0.1) is 0 Å². The van der Waals surface area contributed by atoms with E-state index in [1.807, 2.05) is 42.5 Å². The van der Waals surface area contributed by atoms with Crippen LogP contribution in [0, 0.1) is 6.92 Å². The number of hydrogen-bond donors (Lipinski definition) is 1. The van der Waals surface area contributed by atoms with Crippen molar-refractivity contribution < 1.29 is 4.79 Å². The summed E-state index contributed by atoms with van der Waals surface area (Å²) >= 11 is 0. The van der Waals surface area contributed by atoms with Crippen molar-refractivity contribution in [1.29, 1.82) is 0 Å². The average Bonchev–Trinajstić information content (AvgIpc) is 2.69. The number of carbonyl (C=O) groups excluding carboxylic acids is 1. The highest BCUT2D eigenvalue weighted by atomic mass is 16.2. The second-order valence-corrected chi connectivity index (χ2v) is 5.34. The molecule has 1 aromatic heterocycles. The molecule has 2 atom stereocenters. The summed E-state index contributed by atoms with van der Waals surface area (Å²) in [4.78, 5) is 14.6. The summed E-state index contributed by atoms with van der Waals surface area (Å²) in [5, 5.41) is 0. The Balaban J connectivity index is 2.23. The highest BCUT2D eigenvalue weighted by molar-refractivity contribution is 5.93. The maximum Gasteiger partial charge on any atom is 0.270 e. The topological polar surface area (TPSA) is 51.3 Å². The molecule has 100 valence electrons. The zero-order chi connectivity index (χ0) is 13.3. The van der Waals surface area contributed by atoms with Crippen molar-refractivity contribution >= 4 is 5.91 Å². The van der Waals surface area contributed by atoms with Gasteiger partial charge in [-0.05, 0) is 45.2 Å². The molecule has 1 aromatic rings. The Kier molecular flexibility index (Phi) is 3.76. The number of nitrogens with two attached hydrogens (primary N) is 1. The number of carbonyl (C=O) groups is 1. The van der Waals surface area contributed by atoms with E-state index in [1.165, 1.54) is 6.42 Å². The normalized spacial score (nSPS) is 22.0. The second-order valence-electron chi connectivity index (χ2n) is 5.34. The number of rotatable bonds is 2. The summed E-state index contributed by atoms with van der Waals surface area (Å²) in [7, 11) is 1.94. The molecule has 4 nitrogen and oxygen atoms in total. The number of aryl methyl sites for hydroxylation is 1. The van der Waals surface area contributed by atoms with Crippen LogP contribution in [-0.2, 0) is 7.05 Å². The van der Waals surface area contributed by atoms with Crippen LogP contribution in [0.2, 0.25) is 0 Å². The quantitative estimate of drug-likeness (QED) is 0.867. The van der Waals surface area contributed by atoms with Crippen molar-refractivity contribution in [2.45, 2.75) is 45.2 Å². The standard InChI is InChI=1S/C14H23N3O/c1-10-7-8-13(16(10)3)14(18)17-9-5-4-6-12(17)11(2)15/h7-8,11-12H,4-6,9,15H2,1-3H3/t11-,12-/m1/s1. The molecule has 1 aliphatic rings. The third-order valence-corrected chi connectivity index (χ3v) is 4.01. The SMILES string of the molecule is Cc1ccc(C(=O)N2CCCC[C@@H]2[C@@H](C)N)n1C. The predicted octanol–water partition coefficient (Wildman–Crippen LogP) is 1.68. The molecule has 2 N–H and O–H groups in total. The number of hydrogen-bond acceptors (Lipinski definition) is 2. The molecular weight excluding hydrogens is 226 g/mol. The third kappa shape index (κ3) is 2.29. The molecule has 1 aliphatic heterocycles. The number of aromatic nitrogens is 1. The van der Waals surface area contributed by atoms with Crippen molar-refractivity contribution in [3.8, 4) is 0 Å². The molecule has 0 spiro atoms. The molecule has 1 saturated heterocycles. The molecular formula is C14H23N3O. The summed E-state index contributed by atoms with van der Waals surface area (Å²) in [5.41, 5.74) is 7.88. The first-order valence-electron chi connectivity index (χ1n) is 6.71. The summed E-state index contributed by atoms with van der Waals surface area (Å²) in [6, 6.07) is 4.11. The minimum Gasteiger partial charge on any atom is -0.344 e. The number of likely N-dealkylation sites (tertiary alicyclic amines) is 1. The first kappa shape index (κ1) is 13.1. The van der Waals surface area contributed by atoms with Crippen molar-refractivity contribution in [3.63, 3.8) is 0 Å². The van der Waals surface area contributed by atoms with Gasteiger partial charge in [-0.1, -0.05) is 0 Å². The van der Waals surface area contributed by atoms with Crippen LogP contribution >= 0.6 is 0 Å². The summed E-state index contributed by atoms with van der Waals surface area (Å²) < 4.78 is 1.95. The first-order chi connectivity index (χ1) is 8.52. The third-order valence-electron chi connectivity index (χ3n) is 4.01. The lowest BCUT2D eigenvalue weighted by molar-refractivity contribution is 0.0574. The fraction of sp³-hybridized carbons (Fsp3) is 0.643. The maximum absolute atomic E-state index is 12.6. The van der Waals surface area contributed by atoms with Gasteiger partial charge in [0.05, 0.1) is 0 Å². The number of amides is 1. The highest BCUT2D eigenvalue weighted by Crippen LogP contribution is 2.22. The molecule has 1 fully saturated rings. The van der Waals surface area contributed by atoms with Gasteiger partial charge >= 0.3 is 0 Å². The maximum atomic E-state index is 12.6. The van der Waals surface area contributed by atoms with Crippen LogP contribution in [0.3, 0.4) is 0 Å². The van der Waals surface area contributed by atoms with E-state index in [2.05, 4.69) is 0 Å². The van der Waals surface area contributed by atoms with Crippen LogP contribution in [-0.4, -0.2) is 34.0 Å². The van der Waals surface area contributed by atoms with Crippen LogP contribution in [0.25, 0.3) is 0 Å². The minimum atomic E-state index is 0.0376. The van der Waals surface area contributed by atoms with Crippen LogP contribution in [0.15, 0.2) is 12.1 Å². The minimum absolute atomic E-state index is 0.0376. The Hall–Kier alpha value is -1.29. The zero-order valence-corrected chi connectivity index (χ0v) is 11.5. The first-order valence-corrected chi connectivity index (χ1v) is 6.71. The lowest BCUT2D eigenvalue weighted by Gasteiger charge is -2.38. The van der Waals surface area contributed by atoms with Gasteiger partial charge in [-0.25, -0.2) is 0 Å². The Bertz CT molecular complexity index is 436. The largest absolute Gasteiger partial charge is 0.344 e. The van der Waals surface area contributed by atoms with E-state index in [1.54, 1.807) is 0 Å². The van der Waals surface area contributed by atoms with Crippen molar-refractivity contribution in [2.24, 2.45) is 12.8 Å². The molecule has 2 heterocycles. The fourth-order valence-electron chi connectivity index (χ4n) is 2.73. The van der Waals surface area contributed by atoms with Gasteiger partial charge < -0.3 is 15.2 Å². The molecule has 1 amide bonds. The summed E-state index contributed by atoms with van der Waals surface area (Å²) in [5.74, 6) is 0.118. The monoisotopic (exact) mass is 249 g/mol. The van der Waals surface area contributed by atoms with E-state index >= 15 is 0 Å². The van der Waals surface area contributed by atoms with E-state index in [-0.39, 0.29) is 18.0 Å². The zero-order valence-electron chi connectivity index (χ0n) is 11.5. The number of nitrogens with zero attached hydrogens (tertiary/aromatic N) is 2. The Labute approximate surface area is 109 Å². The lowest BCUT2D eigenvalue weighted by Crippen LogP contribution is -2.52. The van der Waals surface area contributed by atoms with Gasteiger partial charge in [0.1, 0.15) is 5.69 Å². The van der Waals surface area contributed by atoms with Gasteiger partial charge in [0, 0.05) is 31.4 Å². The smallest absolute Gasteiger partial charge is 0.270 e. The van der Waals surface area contributed by atoms with E-state index in [0.717, 1.165) is 30.8 Å². The molecule has 0 radical (unpaired) electrons. The molecule has 2 rings (SSSR count). The van der Waals surface area contributed by atoms with Gasteiger partial charge in [-0.3, -0.25) is 4.79 Å². The van der Waals surface area contributed by atoms with Crippen LogP contribution in [0.4, 0.5) is 0 Å². The van der Waals surface area contributed by atoms with Gasteiger partial charge in [0.2, 0.25) is 0 Å². The van der Waals surface area contributed by atoms with Crippen LogP contribution in [0.1, 0.15) is 42.4 Å². The van der Waals surface area contributed by atoms with Crippen LogP contribution < -0.4 is 5.73 Å². The Morgan fingerprint density at radius 1 is 1.44 bits per heavy atom. The van der Waals surface area contributed by atoms with Crippen molar-refractivity contribution in [1.82, 2.24) is 9.47 Å². The van der Waals surface area contributed by atoms with E-state index in [4.69, 9.17) is 5.73 Å². The van der Waals surface area contributed by atoms with Gasteiger partial charge in [0.25, 0.3) is 5.91 Å². The van der Waals surface area contributed by atoms with Gasteiger partial charge in [0.15, 0.2) is 0 Å². The van der Waals surface area contributed by atoms with E-state index in [0.29, 0.717) is 0 Å². The highest BCUT2D eigenvalue weighted by Gasteiger charge is 2.30. The Morgan fingerprint density at radius 3 is 2.72 bits per heavy atom. The van der Waals surface area contributed by atoms with Crippen molar-refractivity contribution in [3.05, 3.63) is 23.5 Å². The Morgan fingerprint density at radius 2 is 2.17 bits per heavy atom. The summed E-state index contributed by atoms with van der Waals surface area (Å²) in [6.45, 7) is 4.83. The van der Waals surface area contributed by atoms with Crippen molar-refractivity contribution in [2.75, 3.05) is 6.54 Å². The molecule has 0 saturated carbocycles. The molecule has 0 aromatic carbocycles. The average molecular weight is 249 g/mol. The lowest BCUT2D eigenvalue weighted by atomic mass is 9.96. The van der Waals surface area contributed by atoms with E-state index in [9.17, 15) is 4.79 Å². The summed E-state index contributed by atoms with van der Waals surface area (Å²) in [6.07, 6.45) is 3.27. The second kappa shape index (κ2) is 5.14. The van der Waals surface area contributed by atoms with E-state index < -0.39 is 0 Å². The molecule has 0 bridgehead atoms. The predicted molar refractivity (Wildman–Crippen MR) is 72.5 cm³/mol.